The van der Waals surface area contributed by atoms with Crippen molar-refractivity contribution in [1.82, 2.24) is 4.90 Å². The third kappa shape index (κ3) is 4.02. The minimum absolute atomic E-state index is 0.109. The predicted octanol–water partition coefficient (Wildman–Crippen LogP) is 5.60. The zero-order valence-electron chi connectivity index (χ0n) is 13.5. The highest BCUT2D eigenvalue weighted by atomic mass is 79.9. The van der Waals surface area contributed by atoms with Crippen LogP contribution in [-0.4, -0.2) is 23.2 Å². The zero-order chi connectivity index (χ0) is 18.8. The molecule has 0 atom stereocenters. The van der Waals surface area contributed by atoms with Crippen molar-refractivity contribution in [2.45, 2.75) is 6.54 Å². The van der Waals surface area contributed by atoms with Gasteiger partial charge in [-0.05, 0) is 85.1 Å². The molecule has 1 fully saturated rings. The summed E-state index contributed by atoms with van der Waals surface area (Å²) in [6.07, 6.45) is 1.66. The largest absolute Gasteiger partial charge is 0.494 e. The van der Waals surface area contributed by atoms with Crippen molar-refractivity contribution in [1.29, 1.82) is 0 Å². The Morgan fingerprint density at radius 3 is 2.35 bits per heavy atom. The monoisotopic (exact) mass is 499 g/mol. The molecule has 0 aliphatic carbocycles. The van der Waals surface area contributed by atoms with Gasteiger partial charge in [-0.15, -0.1) is 0 Å². The van der Waals surface area contributed by atoms with Crippen LogP contribution in [-0.2, 0) is 11.3 Å². The molecule has 1 saturated heterocycles. The Balaban J connectivity index is 1.84. The number of rotatable bonds is 4. The number of methoxy groups -OCH3 is 1. The minimum Gasteiger partial charge on any atom is -0.494 e. The molecule has 0 radical (unpaired) electrons. The van der Waals surface area contributed by atoms with Gasteiger partial charge in [-0.2, -0.15) is 0 Å². The highest BCUT2D eigenvalue weighted by molar-refractivity contribution is 9.11. The van der Waals surface area contributed by atoms with E-state index in [1.165, 1.54) is 12.1 Å². The first-order chi connectivity index (χ1) is 12.4. The molecule has 3 rings (SSSR count). The number of carbonyl (C=O) groups excluding carboxylic acids is 2. The van der Waals surface area contributed by atoms with E-state index in [0.29, 0.717) is 16.2 Å². The van der Waals surface area contributed by atoms with E-state index in [-0.39, 0.29) is 23.5 Å². The summed E-state index contributed by atoms with van der Waals surface area (Å²) in [5.74, 6) is -0.0857. The SMILES string of the molecule is COc1c(Br)cc(/C=C2\SC(=O)N(Cc3ccc(F)cc3)C2=O)cc1Br. The van der Waals surface area contributed by atoms with E-state index >= 15 is 0 Å². The third-order valence-electron chi connectivity index (χ3n) is 3.65. The Labute approximate surface area is 170 Å². The van der Waals surface area contributed by atoms with Gasteiger partial charge in [0, 0.05) is 0 Å². The lowest BCUT2D eigenvalue weighted by Crippen LogP contribution is -2.27. The quantitative estimate of drug-likeness (QED) is 0.513. The highest BCUT2D eigenvalue weighted by Crippen LogP contribution is 2.37. The van der Waals surface area contributed by atoms with Gasteiger partial charge in [0.05, 0.1) is 27.5 Å². The molecule has 1 aliphatic heterocycles. The second-order valence-electron chi connectivity index (χ2n) is 5.41. The van der Waals surface area contributed by atoms with Crippen molar-refractivity contribution in [3.63, 3.8) is 0 Å². The molecule has 0 unspecified atom stereocenters. The average Bonchev–Trinajstić information content (AvgIpc) is 2.84. The van der Waals surface area contributed by atoms with E-state index in [4.69, 9.17) is 4.74 Å². The van der Waals surface area contributed by atoms with Gasteiger partial charge in [0.2, 0.25) is 0 Å². The lowest BCUT2D eigenvalue weighted by Gasteiger charge is -2.12. The number of carbonyl (C=O) groups is 2. The Kier molecular flexibility index (Phi) is 5.84. The van der Waals surface area contributed by atoms with E-state index in [0.717, 1.165) is 31.2 Å². The van der Waals surface area contributed by atoms with Crippen LogP contribution in [0.1, 0.15) is 11.1 Å². The second kappa shape index (κ2) is 7.94. The number of hydrogen-bond donors (Lipinski definition) is 0. The minimum atomic E-state index is -0.368. The maximum absolute atomic E-state index is 13.0. The lowest BCUT2D eigenvalue weighted by atomic mass is 10.2. The Bertz CT molecular complexity index is 892. The van der Waals surface area contributed by atoms with E-state index < -0.39 is 0 Å². The smallest absolute Gasteiger partial charge is 0.293 e. The molecule has 2 aromatic carbocycles. The standard InChI is InChI=1S/C18H12Br2FNO3S/c1-25-16-13(19)6-11(7-14(16)20)8-15-17(23)22(18(24)26-15)9-10-2-4-12(21)5-3-10/h2-8H,9H2,1H3/b15-8-. The van der Waals surface area contributed by atoms with Gasteiger partial charge in [0.15, 0.2) is 0 Å². The molecule has 26 heavy (non-hydrogen) atoms. The van der Waals surface area contributed by atoms with Crippen LogP contribution in [0.15, 0.2) is 50.2 Å². The summed E-state index contributed by atoms with van der Waals surface area (Å²) in [6, 6.07) is 9.32. The molecule has 1 aliphatic rings. The molecule has 2 amide bonds. The van der Waals surface area contributed by atoms with Gasteiger partial charge in [-0.3, -0.25) is 14.5 Å². The summed E-state index contributed by atoms with van der Waals surface area (Å²) < 4.78 is 19.7. The first-order valence-corrected chi connectivity index (χ1v) is 9.82. The van der Waals surface area contributed by atoms with Crippen LogP contribution in [0.25, 0.3) is 6.08 Å². The summed E-state index contributed by atoms with van der Waals surface area (Å²) in [4.78, 5) is 26.3. The molecule has 0 N–H and O–H groups in total. The molecular weight excluding hydrogens is 489 g/mol. The third-order valence-corrected chi connectivity index (χ3v) is 5.74. The van der Waals surface area contributed by atoms with Crippen molar-refractivity contribution in [2.24, 2.45) is 0 Å². The zero-order valence-corrected chi connectivity index (χ0v) is 17.5. The van der Waals surface area contributed by atoms with Crippen molar-refractivity contribution >= 4 is 60.8 Å². The van der Waals surface area contributed by atoms with Gasteiger partial charge < -0.3 is 4.74 Å². The number of ether oxygens (including phenoxy) is 1. The molecule has 2 aromatic rings. The van der Waals surface area contributed by atoms with Crippen molar-refractivity contribution in [2.75, 3.05) is 7.11 Å². The van der Waals surface area contributed by atoms with Gasteiger partial charge in [-0.25, -0.2) is 4.39 Å². The number of benzene rings is 2. The van der Waals surface area contributed by atoms with Gasteiger partial charge in [0.1, 0.15) is 11.6 Å². The van der Waals surface area contributed by atoms with E-state index in [1.54, 1.807) is 37.5 Å². The van der Waals surface area contributed by atoms with Gasteiger partial charge in [-0.1, -0.05) is 12.1 Å². The number of halogens is 3. The van der Waals surface area contributed by atoms with E-state index in [2.05, 4.69) is 31.9 Å². The highest BCUT2D eigenvalue weighted by Gasteiger charge is 2.35. The maximum Gasteiger partial charge on any atom is 0.293 e. The first-order valence-electron chi connectivity index (χ1n) is 7.42. The molecule has 0 spiro atoms. The maximum atomic E-state index is 13.0. The number of nitrogens with zero attached hydrogens (tertiary/aromatic N) is 1. The summed E-state index contributed by atoms with van der Waals surface area (Å²) in [5, 5.41) is -0.350. The first kappa shape index (κ1) is 19.1. The fourth-order valence-corrected chi connectivity index (χ4v) is 4.80. The number of imide groups is 1. The topological polar surface area (TPSA) is 46.6 Å². The van der Waals surface area contributed by atoms with Crippen LogP contribution in [0, 0.1) is 5.82 Å². The summed E-state index contributed by atoms with van der Waals surface area (Å²) in [7, 11) is 1.56. The van der Waals surface area contributed by atoms with Crippen LogP contribution < -0.4 is 4.74 Å². The summed E-state index contributed by atoms with van der Waals surface area (Å²) >= 11 is 7.71. The molecule has 4 nitrogen and oxygen atoms in total. The Hall–Kier alpha value is -1.64. The number of hydrogen-bond acceptors (Lipinski definition) is 4. The van der Waals surface area contributed by atoms with Gasteiger partial charge in [0.25, 0.3) is 11.1 Å². The Morgan fingerprint density at radius 1 is 1.15 bits per heavy atom. The van der Waals surface area contributed by atoms with Crippen LogP contribution in [0.4, 0.5) is 9.18 Å². The van der Waals surface area contributed by atoms with E-state index in [9.17, 15) is 14.0 Å². The molecule has 134 valence electrons. The summed E-state index contributed by atoms with van der Waals surface area (Å²) in [5.41, 5.74) is 1.43. The van der Waals surface area contributed by atoms with Crippen LogP contribution in [0.3, 0.4) is 0 Å². The van der Waals surface area contributed by atoms with Crippen LogP contribution in [0.5, 0.6) is 5.75 Å². The predicted molar refractivity (Wildman–Crippen MR) is 106 cm³/mol. The van der Waals surface area contributed by atoms with Crippen molar-refractivity contribution < 1.29 is 18.7 Å². The molecule has 0 bridgehead atoms. The van der Waals surface area contributed by atoms with Crippen molar-refractivity contribution in [3.8, 4) is 5.75 Å². The fourth-order valence-electron chi connectivity index (χ4n) is 2.42. The number of thioether (sulfide) groups is 1. The van der Waals surface area contributed by atoms with Gasteiger partial charge >= 0.3 is 0 Å². The summed E-state index contributed by atoms with van der Waals surface area (Å²) in [6.45, 7) is 0.109. The average molecular weight is 501 g/mol. The molecule has 0 aromatic heterocycles. The Morgan fingerprint density at radius 2 is 1.77 bits per heavy atom. The molecular formula is C18H12Br2FNO3S. The normalized spacial score (nSPS) is 15.8. The van der Waals surface area contributed by atoms with Crippen LogP contribution >= 0.6 is 43.6 Å². The molecule has 8 heteroatoms. The fraction of sp³-hybridized carbons (Fsp3) is 0.111. The number of amides is 2. The molecule has 1 heterocycles. The van der Waals surface area contributed by atoms with Crippen molar-refractivity contribution in [3.05, 3.63) is 67.2 Å². The second-order valence-corrected chi connectivity index (χ2v) is 8.11. The van der Waals surface area contributed by atoms with Crippen LogP contribution in [0.2, 0.25) is 0 Å². The van der Waals surface area contributed by atoms with E-state index in [1.807, 2.05) is 0 Å². The molecule has 0 saturated carbocycles. The lowest BCUT2D eigenvalue weighted by molar-refractivity contribution is -0.123.